The quantitative estimate of drug-likeness (QED) is 0.903. The third-order valence-electron chi connectivity index (χ3n) is 4.62. The Hall–Kier alpha value is -1.67. The Kier molecular flexibility index (Phi) is 3.96. The molecule has 8 heteroatoms. The first-order chi connectivity index (χ1) is 11.5. The van der Waals surface area contributed by atoms with Gasteiger partial charge in [-0.05, 0) is 37.5 Å². The number of amides is 1. The highest BCUT2D eigenvalue weighted by Gasteiger charge is 2.33. The summed E-state index contributed by atoms with van der Waals surface area (Å²) >= 11 is 1.64. The van der Waals surface area contributed by atoms with Gasteiger partial charge < -0.3 is 10.2 Å². The van der Waals surface area contributed by atoms with Crippen LogP contribution in [0.4, 0.5) is 10.8 Å². The lowest BCUT2D eigenvalue weighted by atomic mass is 10.1. The van der Waals surface area contributed by atoms with E-state index >= 15 is 0 Å². The van der Waals surface area contributed by atoms with Crippen molar-refractivity contribution in [1.82, 2.24) is 4.98 Å². The summed E-state index contributed by atoms with van der Waals surface area (Å²) in [7, 11) is -3.05. The Morgan fingerprint density at radius 1 is 1.29 bits per heavy atom. The van der Waals surface area contributed by atoms with E-state index in [0.29, 0.717) is 12.1 Å². The van der Waals surface area contributed by atoms with Crippen LogP contribution in [0.1, 0.15) is 19.3 Å². The minimum atomic E-state index is -3.05. The topological polar surface area (TPSA) is 79.4 Å². The zero-order valence-corrected chi connectivity index (χ0v) is 14.8. The SMILES string of the molecule is O=C(Nc1ccc2nc(N3CCCC3)sc2c1)[C@@H]1CCS(=O)(=O)C1. The van der Waals surface area contributed by atoms with Gasteiger partial charge in [0.15, 0.2) is 15.0 Å². The number of nitrogens with zero attached hydrogens (tertiary/aromatic N) is 2. The van der Waals surface area contributed by atoms with E-state index in [1.807, 2.05) is 18.2 Å². The Labute approximate surface area is 144 Å². The van der Waals surface area contributed by atoms with Crippen LogP contribution in [0, 0.1) is 5.92 Å². The second kappa shape index (κ2) is 6.00. The molecule has 2 aliphatic rings. The van der Waals surface area contributed by atoms with Gasteiger partial charge in [0.25, 0.3) is 0 Å². The predicted molar refractivity (Wildman–Crippen MR) is 96.5 cm³/mol. The van der Waals surface area contributed by atoms with Crippen LogP contribution in [0.2, 0.25) is 0 Å². The first-order valence-electron chi connectivity index (χ1n) is 8.17. The van der Waals surface area contributed by atoms with Crippen molar-refractivity contribution in [2.45, 2.75) is 19.3 Å². The van der Waals surface area contributed by atoms with E-state index in [1.165, 1.54) is 12.8 Å². The molecular formula is C16H19N3O3S2. The number of thiazole rings is 1. The molecule has 2 fully saturated rings. The van der Waals surface area contributed by atoms with Crippen LogP contribution in [-0.2, 0) is 14.6 Å². The van der Waals surface area contributed by atoms with Crippen molar-refractivity contribution in [3.8, 4) is 0 Å². The number of aromatic nitrogens is 1. The molecule has 4 rings (SSSR count). The highest BCUT2D eigenvalue weighted by molar-refractivity contribution is 7.91. The molecule has 0 bridgehead atoms. The fourth-order valence-corrected chi connectivity index (χ4v) is 6.08. The highest BCUT2D eigenvalue weighted by Crippen LogP contribution is 2.32. The minimum Gasteiger partial charge on any atom is -0.348 e. The van der Waals surface area contributed by atoms with Crippen molar-refractivity contribution < 1.29 is 13.2 Å². The van der Waals surface area contributed by atoms with Crippen LogP contribution >= 0.6 is 11.3 Å². The van der Waals surface area contributed by atoms with Gasteiger partial charge in [-0.3, -0.25) is 4.79 Å². The van der Waals surface area contributed by atoms with Gasteiger partial charge in [0.1, 0.15) is 0 Å². The van der Waals surface area contributed by atoms with E-state index in [-0.39, 0.29) is 17.4 Å². The monoisotopic (exact) mass is 365 g/mol. The summed E-state index contributed by atoms with van der Waals surface area (Å²) in [6.07, 6.45) is 2.83. The van der Waals surface area contributed by atoms with Crippen molar-refractivity contribution in [3.63, 3.8) is 0 Å². The maximum atomic E-state index is 12.3. The molecule has 2 aliphatic heterocycles. The normalized spacial score (nSPS) is 23.0. The lowest BCUT2D eigenvalue weighted by Crippen LogP contribution is -2.23. The zero-order valence-electron chi connectivity index (χ0n) is 13.2. The molecule has 6 nitrogen and oxygen atoms in total. The van der Waals surface area contributed by atoms with Crippen LogP contribution in [0.5, 0.6) is 0 Å². The molecular weight excluding hydrogens is 346 g/mol. The van der Waals surface area contributed by atoms with Gasteiger partial charge in [0, 0.05) is 18.8 Å². The van der Waals surface area contributed by atoms with Crippen LogP contribution in [-0.4, -0.2) is 43.9 Å². The molecule has 1 aromatic heterocycles. The molecule has 2 aromatic rings. The minimum absolute atomic E-state index is 0.0409. The fraction of sp³-hybridized carbons (Fsp3) is 0.500. The Morgan fingerprint density at radius 3 is 2.79 bits per heavy atom. The van der Waals surface area contributed by atoms with Crippen molar-refractivity contribution >= 4 is 48.1 Å². The number of rotatable bonds is 3. The average Bonchev–Trinajstić information content (AvgIpc) is 3.24. The second-order valence-corrected chi connectivity index (χ2v) is 9.70. The third-order valence-corrected chi connectivity index (χ3v) is 7.47. The summed E-state index contributed by atoms with van der Waals surface area (Å²) in [5.41, 5.74) is 1.64. The number of hydrogen-bond donors (Lipinski definition) is 1. The Bertz CT molecular complexity index is 885. The second-order valence-electron chi connectivity index (χ2n) is 6.46. The van der Waals surface area contributed by atoms with Gasteiger partial charge in [-0.25, -0.2) is 13.4 Å². The molecule has 1 N–H and O–H groups in total. The largest absolute Gasteiger partial charge is 0.348 e. The van der Waals surface area contributed by atoms with Gasteiger partial charge in [-0.1, -0.05) is 11.3 Å². The van der Waals surface area contributed by atoms with Gasteiger partial charge in [-0.2, -0.15) is 0 Å². The average molecular weight is 365 g/mol. The summed E-state index contributed by atoms with van der Waals surface area (Å²) in [5.74, 6) is -0.578. The molecule has 0 radical (unpaired) electrons. The summed E-state index contributed by atoms with van der Waals surface area (Å²) in [5, 5.41) is 3.89. The van der Waals surface area contributed by atoms with E-state index in [2.05, 4.69) is 15.2 Å². The highest BCUT2D eigenvalue weighted by atomic mass is 32.2. The first kappa shape index (κ1) is 15.8. The van der Waals surface area contributed by atoms with Gasteiger partial charge in [0.05, 0.1) is 27.6 Å². The standard InChI is InChI=1S/C16H19N3O3S2/c20-15(11-5-8-24(21,22)10-11)17-12-3-4-13-14(9-12)23-16(18-13)19-6-1-2-7-19/h3-4,9,11H,1-2,5-8,10H2,(H,17,20)/t11-/m1/s1. The van der Waals surface area contributed by atoms with Crippen molar-refractivity contribution in [3.05, 3.63) is 18.2 Å². The number of benzene rings is 1. The number of sulfone groups is 1. The van der Waals surface area contributed by atoms with Crippen LogP contribution in [0.15, 0.2) is 18.2 Å². The number of anilines is 2. The Morgan fingerprint density at radius 2 is 2.08 bits per heavy atom. The number of nitrogens with one attached hydrogen (secondary N) is 1. The molecule has 1 atom stereocenters. The molecule has 2 saturated heterocycles. The summed E-state index contributed by atoms with van der Waals surface area (Å²) < 4.78 is 24.1. The van der Waals surface area contributed by atoms with E-state index < -0.39 is 15.8 Å². The smallest absolute Gasteiger partial charge is 0.228 e. The maximum absolute atomic E-state index is 12.3. The van der Waals surface area contributed by atoms with Gasteiger partial charge in [0.2, 0.25) is 5.91 Å². The summed E-state index contributed by atoms with van der Waals surface area (Å²) in [6, 6.07) is 5.66. The predicted octanol–water partition coefficient (Wildman–Crippen LogP) is 2.27. The molecule has 1 amide bonds. The number of fused-ring (bicyclic) bond motifs is 1. The molecule has 128 valence electrons. The third kappa shape index (κ3) is 3.12. The lowest BCUT2D eigenvalue weighted by molar-refractivity contribution is -0.119. The molecule has 0 unspecified atom stereocenters. The maximum Gasteiger partial charge on any atom is 0.228 e. The number of hydrogen-bond acceptors (Lipinski definition) is 6. The van der Waals surface area contributed by atoms with Crippen LogP contribution < -0.4 is 10.2 Å². The number of carbonyl (C=O) groups is 1. The van der Waals surface area contributed by atoms with Crippen molar-refractivity contribution in [2.24, 2.45) is 5.92 Å². The number of carbonyl (C=O) groups excluding carboxylic acids is 1. The van der Waals surface area contributed by atoms with E-state index in [9.17, 15) is 13.2 Å². The van der Waals surface area contributed by atoms with Crippen LogP contribution in [0.3, 0.4) is 0 Å². The zero-order chi connectivity index (χ0) is 16.7. The molecule has 1 aromatic carbocycles. The molecule has 3 heterocycles. The molecule has 0 aliphatic carbocycles. The lowest BCUT2D eigenvalue weighted by Gasteiger charge is -2.11. The van der Waals surface area contributed by atoms with Crippen LogP contribution in [0.25, 0.3) is 10.2 Å². The fourth-order valence-electron chi connectivity index (χ4n) is 3.28. The molecule has 0 spiro atoms. The van der Waals surface area contributed by atoms with E-state index in [0.717, 1.165) is 28.4 Å². The first-order valence-corrected chi connectivity index (χ1v) is 10.8. The molecule has 0 saturated carbocycles. The van der Waals surface area contributed by atoms with Crippen molar-refractivity contribution in [1.29, 1.82) is 0 Å². The summed E-state index contributed by atoms with van der Waals surface area (Å²) in [6.45, 7) is 2.11. The summed E-state index contributed by atoms with van der Waals surface area (Å²) in [4.78, 5) is 19.2. The van der Waals surface area contributed by atoms with Crippen molar-refractivity contribution in [2.75, 3.05) is 34.8 Å². The molecule has 24 heavy (non-hydrogen) atoms. The van der Waals surface area contributed by atoms with Gasteiger partial charge in [-0.15, -0.1) is 0 Å². The Balaban J connectivity index is 1.51. The van der Waals surface area contributed by atoms with Gasteiger partial charge >= 0.3 is 0 Å². The van der Waals surface area contributed by atoms with E-state index in [1.54, 1.807) is 11.3 Å². The van der Waals surface area contributed by atoms with E-state index in [4.69, 9.17) is 0 Å².